The summed E-state index contributed by atoms with van der Waals surface area (Å²) in [5, 5.41) is 18.3. The van der Waals surface area contributed by atoms with Crippen LogP contribution in [-0.2, 0) is 0 Å². The number of aliphatic hydroxyl groups excluding tert-OH is 2. The monoisotopic (exact) mass is 172 g/mol. The lowest BCUT2D eigenvalue weighted by molar-refractivity contribution is 0.0957. The highest BCUT2D eigenvalue weighted by Gasteiger charge is 2.08. The number of rotatable bonds is 2. The van der Waals surface area contributed by atoms with E-state index < -0.39 is 6.10 Å². The minimum absolute atomic E-state index is 0.302. The van der Waals surface area contributed by atoms with Gasteiger partial charge in [0, 0.05) is 10.6 Å². The fourth-order valence-electron chi connectivity index (χ4n) is 0.844. The van der Waals surface area contributed by atoms with Crippen molar-refractivity contribution < 1.29 is 10.2 Å². The van der Waals surface area contributed by atoms with Crippen LogP contribution in [-0.4, -0.2) is 16.8 Å². The maximum atomic E-state index is 9.18. The molecule has 1 rings (SSSR count). The molecule has 0 aliphatic heterocycles. The molecule has 0 aromatic heterocycles. The van der Waals surface area contributed by atoms with Crippen molar-refractivity contribution in [2.75, 3.05) is 6.61 Å². The molecule has 1 unspecified atom stereocenters. The molecule has 0 bridgehead atoms. The largest absolute Gasteiger partial charge is 0.393 e. The predicted octanol–water partition coefficient (Wildman–Crippen LogP) is 1.37. The van der Waals surface area contributed by atoms with Gasteiger partial charge in [-0.1, -0.05) is 29.8 Å². The fourth-order valence-corrected chi connectivity index (χ4v) is 1.11. The van der Waals surface area contributed by atoms with Gasteiger partial charge in [0.2, 0.25) is 0 Å². The first-order chi connectivity index (χ1) is 5.25. The molecule has 1 atom stereocenters. The van der Waals surface area contributed by atoms with Crippen LogP contribution in [0.5, 0.6) is 0 Å². The average Bonchev–Trinajstić information content (AvgIpc) is 2.04. The zero-order valence-electron chi connectivity index (χ0n) is 5.87. The number of benzene rings is 1. The third-order valence-corrected chi connectivity index (χ3v) is 1.78. The molecule has 0 saturated carbocycles. The Kier molecular flexibility index (Phi) is 2.88. The molecule has 2 nitrogen and oxygen atoms in total. The summed E-state index contributed by atoms with van der Waals surface area (Å²) < 4.78 is 0. The lowest BCUT2D eigenvalue weighted by atomic mass is 10.1. The van der Waals surface area contributed by atoms with E-state index >= 15 is 0 Å². The molecular weight excluding hydrogens is 164 g/mol. The van der Waals surface area contributed by atoms with Gasteiger partial charge in [0.25, 0.3) is 0 Å². The van der Waals surface area contributed by atoms with E-state index in [4.69, 9.17) is 16.7 Å². The van der Waals surface area contributed by atoms with Gasteiger partial charge >= 0.3 is 0 Å². The van der Waals surface area contributed by atoms with Crippen molar-refractivity contribution in [3.8, 4) is 0 Å². The highest BCUT2D eigenvalue weighted by atomic mass is 35.5. The Bertz CT molecular complexity index is 237. The average molecular weight is 173 g/mol. The Morgan fingerprint density at radius 1 is 1.36 bits per heavy atom. The van der Waals surface area contributed by atoms with E-state index in [-0.39, 0.29) is 6.61 Å². The topological polar surface area (TPSA) is 40.5 Å². The molecule has 0 spiro atoms. The van der Waals surface area contributed by atoms with E-state index in [1.54, 1.807) is 24.3 Å². The smallest absolute Gasteiger partial charge is 0.103 e. The number of hydrogen-bond donors (Lipinski definition) is 2. The summed E-state index contributed by atoms with van der Waals surface area (Å²) in [5.74, 6) is 0. The van der Waals surface area contributed by atoms with Crippen molar-refractivity contribution in [3.63, 3.8) is 0 Å². The highest BCUT2D eigenvalue weighted by molar-refractivity contribution is 6.31. The van der Waals surface area contributed by atoms with Crippen molar-refractivity contribution in [1.29, 1.82) is 0 Å². The molecule has 60 valence electrons. The molecular formula is C8H9ClO2. The van der Waals surface area contributed by atoms with Crippen LogP contribution < -0.4 is 0 Å². The van der Waals surface area contributed by atoms with Crippen molar-refractivity contribution in [3.05, 3.63) is 34.9 Å². The quantitative estimate of drug-likeness (QED) is 0.708. The van der Waals surface area contributed by atoms with Crippen molar-refractivity contribution in [2.45, 2.75) is 6.10 Å². The minimum atomic E-state index is -0.872. The molecule has 1 aromatic rings. The molecule has 0 saturated heterocycles. The molecule has 0 radical (unpaired) electrons. The van der Waals surface area contributed by atoms with Crippen molar-refractivity contribution in [1.82, 2.24) is 0 Å². The molecule has 2 N–H and O–H groups in total. The van der Waals surface area contributed by atoms with E-state index in [9.17, 15) is 5.11 Å². The SMILES string of the molecule is OCC(O)c1ccccc1Cl. The molecule has 11 heavy (non-hydrogen) atoms. The maximum Gasteiger partial charge on any atom is 0.103 e. The summed E-state index contributed by atoms with van der Waals surface area (Å²) in [6, 6.07) is 6.90. The molecule has 1 aromatic carbocycles. The fraction of sp³-hybridized carbons (Fsp3) is 0.250. The van der Waals surface area contributed by atoms with Crippen molar-refractivity contribution in [2.24, 2.45) is 0 Å². The predicted molar refractivity (Wildman–Crippen MR) is 43.5 cm³/mol. The number of hydrogen-bond acceptors (Lipinski definition) is 2. The summed E-state index contributed by atoms with van der Waals surface area (Å²) in [4.78, 5) is 0. The van der Waals surface area contributed by atoms with Gasteiger partial charge in [-0.15, -0.1) is 0 Å². The normalized spacial score (nSPS) is 13.0. The zero-order valence-corrected chi connectivity index (χ0v) is 6.62. The van der Waals surface area contributed by atoms with E-state index in [0.717, 1.165) is 0 Å². The van der Waals surface area contributed by atoms with Crippen LogP contribution in [0.2, 0.25) is 5.02 Å². The molecule has 0 amide bonds. The van der Waals surface area contributed by atoms with Gasteiger partial charge in [-0.25, -0.2) is 0 Å². The van der Waals surface area contributed by atoms with Crippen LogP contribution in [0.15, 0.2) is 24.3 Å². The molecule has 3 heteroatoms. The first-order valence-corrected chi connectivity index (χ1v) is 3.67. The molecule has 0 heterocycles. The third-order valence-electron chi connectivity index (χ3n) is 1.44. The summed E-state index contributed by atoms with van der Waals surface area (Å²) in [6.07, 6.45) is -0.872. The molecule has 0 aliphatic rings. The standard InChI is InChI=1S/C8H9ClO2/c9-7-4-2-1-3-6(7)8(11)5-10/h1-4,8,10-11H,5H2. The Labute approximate surface area is 70.1 Å². The molecule has 0 aliphatic carbocycles. The zero-order chi connectivity index (χ0) is 8.27. The van der Waals surface area contributed by atoms with Gasteiger partial charge in [0.1, 0.15) is 6.10 Å². The van der Waals surface area contributed by atoms with E-state index in [0.29, 0.717) is 10.6 Å². The van der Waals surface area contributed by atoms with Crippen LogP contribution in [0.3, 0.4) is 0 Å². The van der Waals surface area contributed by atoms with Gasteiger partial charge < -0.3 is 10.2 Å². The van der Waals surface area contributed by atoms with Gasteiger partial charge in [0.05, 0.1) is 6.61 Å². The van der Waals surface area contributed by atoms with Crippen molar-refractivity contribution >= 4 is 11.6 Å². The Morgan fingerprint density at radius 2 is 2.00 bits per heavy atom. The lowest BCUT2D eigenvalue weighted by Crippen LogP contribution is -2.02. The minimum Gasteiger partial charge on any atom is -0.393 e. The van der Waals surface area contributed by atoms with E-state index in [1.165, 1.54) is 0 Å². The second-order valence-electron chi connectivity index (χ2n) is 2.22. The Morgan fingerprint density at radius 3 is 2.55 bits per heavy atom. The summed E-state index contributed by atoms with van der Waals surface area (Å²) in [7, 11) is 0. The summed E-state index contributed by atoms with van der Waals surface area (Å²) >= 11 is 5.73. The first-order valence-electron chi connectivity index (χ1n) is 3.29. The van der Waals surface area contributed by atoms with Gasteiger partial charge in [0.15, 0.2) is 0 Å². The van der Waals surface area contributed by atoms with Gasteiger partial charge in [-0.05, 0) is 6.07 Å². The van der Waals surface area contributed by atoms with Crippen LogP contribution in [0.1, 0.15) is 11.7 Å². The Balaban J connectivity index is 2.93. The number of halogens is 1. The third kappa shape index (κ3) is 1.93. The van der Waals surface area contributed by atoms with E-state index in [1.807, 2.05) is 0 Å². The highest BCUT2D eigenvalue weighted by Crippen LogP contribution is 2.21. The first kappa shape index (κ1) is 8.53. The summed E-state index contributed by atoms with van der Waals surface area (Å²) in [6.45, 7) is -0.302. The van der Waals surface area contributed by atoms with Gasteiger partial charge in [-0.3, -0.25) is 0 Å². The summed E-state index contributed by atoms with van der Waals surface area (Å²) in [5.41, 5.74) is 0.566. The second-order valence-corrected chi connectivity index (χ2v) is 2.63. The van der Waals surface area contributed by atoms with E-state index in [2.05, 4.69) is 0 Å². The Hall–Kier alpha value is -0.570. The lowest BCUT2D eigenvalue weighted by Gasteiger charge is -2.08. The number of aliphatic hydroxyl groups is 2. The van der Waals surface area contributed by atoms with Crippen LogP contribution in [0.4, 0.5) is 0 Å². The van der Waals surface area contributed by atoms with Crippen LogP contribution in [0.25, 0.3) is 0 Å². The van der Waals surface area contributed by atoms with Gasteiger partial charge in [-0.2, -0.15) is 0 Å². The van der Waals surface area contributed by atoms with Crippen LogP contribution >= 0.6 is 11.6 Å². The maximum absolute atomic E-state index is 9.18. The van der Waals surface area contributed by atoms with Crippen LogP contribution in [0, 0.1) is 0 Å². The second kappa shape index (κ2) is 3.72. The molecule has 0 fully saturated rings.